The van der Waals surface area contributed by atoms with Crippen molar-refractivity contribution in [3.8, 4) is 0 Å². The third-order valence-electron chi connectivity index (χ3n) is 3.60. The van der Waals surface area contributed by atoms with Gasteiger partial charge in [0.15, 0.2) is 0 Å². The number of rotatable bonds is 5. The highest BCUT2D eigenvalue weighted by Gasteiger charge is 2.23. The molecule has 0 aromatic carbocycles. The van der Waals surface area contributed by atoms with Crippen molar-refractivity contribution in [2.24, 2.45) is 5.92 Å². The maximum Gasteiger partial charge on any atom is 0.0753 e. The number of aliphatic hydroxyl groups is 1. The molecule has 1 saturated carbocycles. The van der Waals surface area contributed by atoms with Crippen LogP contribution in [0.3, 0.4) is 0 Å². The van der Waals surface area contributed by atoms with Crippen molar-refractivity contribution < 1.29 is 5.11 Å². The summed E-state index contributed by atoms with van der Waals surface area (Å²) in [6.45, 7) is 2.69. The van der Waals surface area contributed by atoms with Gasteiger partial charge in [0.25, 0.3) is 0 Å². The Bertz CT molecular complexity index is 325. The number of aliphatic hydroxyl groups excluding tert-OH is 1. The molecule has 94 valence electrons. The SMILES string of the molecule is CC(NCC(O)C1CCCC1)c1cnccn1. The molecule has 1 aromatic rings. The van der Waals surface area contributed by atoms with E-state index in [1.165, 1.54) is 25.7 Å². The van der Waals surface area contributed by atoms with Crippen LogP contribution < -0.4 is 5.32 Å². The lowest BCUT2D eigenvalue weighted by Crippen LogP contribution is -2.33. The van der Waals surface area contributed by atoms with E-state index in [0.717, 1.165) is 5.69 Å². The van der Waals surface area contributed by atoms with Crippen molar-refractivity contribution in [1.29, 1.82) is 0 Å². The number of nitrogens with zero attached hydrogens (tertiary/aromatic N) is 2. The molecule has 1 aromatic heterocycles. The summed E-state index contributed by atoms with van der Waals surface area (Å²) in [6.07, 6.45) is 9.77. The summed E-state index contributed by atoms with van der Waals surface area (Å²) in [7, 11) is 0. The summed E-state index contributed by atoms with van der Waals surface area (Å²) in [5.74, 6) is 0.483. The minimum absolute atomic E-state index is 0.139. The van der Waals surface area contributed by atoms with Crippen molar-refractivity contribution in [2.75, 3.05) is 6.54 Å². The number of aromatic nitrogens is 2. The summed E-state index contributed by atoms with van der Waals surface area (Å²) in [5.41, 5.74) is 0.922. The van der Waals surface area contributed by atoms with Gasteiger partial charge in [-0.3, -0.25) is 9.97 Å². The van der Waals surface area contributed by atoms with Gasteiger partial charge in [0.1, 0.15) is 0 Å². The van der Waals surface area contributed by atoms with Crippen molar-refractivity contribution >= 4 is 0 Å². The van der Waals surface area contributed by atoms with Crippen LogP contribution in [0.15, 0.2) is 18.6 Å². The maximum atomic E-state index is 10.0. The highest BCUT2D eigenvalue weighted by molar-refractivity contribution is 5.00. The summed E-state index contributed by atoms with van der Waals surface area (Å²) in [6, 6.07) is 0.139. The molecule has 0 saturated heterocycles. The molecule has 4 nitrogen and oxygen atoms in total. The molecule has 1 heterocycles. The Kier molecular flexibility index (Phi) is 4.45. The van der Waals surface area contributed by atoms with Gasteiger partial charge in [-0.15, -0.1) is 0 Å². The molecule has 4 heteroatoms. The molecule has 2 N–H and O–H groups in total. The largest absolute Gasteiger partial charge is 0.392 e. The first-order valence-electron chi connectivity index (χ1n) is 6.44. The van der Waals surface area contributed by atoms with E-state index in [-0.39, 0.29) is 12.1 Å². The molecule has 0 radical (unpaired) electrons. The van der Waals surface area contributed by atoms with Crippen LogP contribution in [0, 0.1) is 5.92 Å². The lowest BCUT2D eigenvalue weighted by atomic mass is 10.0. The second-order valence-corrected chi connectivity index (χ2v) is 4.87. The minimum atomic E-state index is -0.225. The molecule has 0 amide bonds. The van der Waals surface area contributed by atoms with E-state index in [0.29, 0.717) is 12.5 Å². The van der Waals surface area contributed by atoms with Crippen molar-refractivity contribution in [3.05, 3.63) is 24.3 Å². The first kappa shape index (κ1) is 12.5. The van der Waals surface area contributed by atoms with Crippen molar-refractivity contribution in [1.82, 2.24) is 15.3 Å². The van der Waals surface area contributed by atoms with Gasteiger partial charge in [-0.25, -0.2) is 0 Å². The molecule has 17 heavy (non-hydrogen) atoms. The predicted octanol–water partition coefficient (Wildman–Crippen LogP) is 1.68. The normalized spacial score (nSPS) is 20.4. The smallest absolute Gasteiger partial charge is 0.0753 e. The van der Waals surface area contributed by atoms with Crippen molar-refractivity contribution in [3.63, 3.8) is 0 Å². The second kappa shape index (κ2) is 6.07. The summed E-state index contributed by atoms with van der Waals surface area (Å²) in [5, 5.41) is 13.4. The van der Waals surface area contributed by atoms with Gasteiger partial charge in [0.2, 0.25) is 0 Å². The zero-order chi connectivity index (χ0) is 12.1. The van der Waals surface area contributed by atoms with Gasteiger partial charge >= 0.3 is 0 Å². The molecular weight excluding hydrogens is 214 g/mol. The number of hydrogen-bond donors (Lipinski definition) is 2. The van der Waals surface area contributed by atoms with Crippen LogP contribution in [0.25, 0.3) is 0 Å². The van der Waals surface area contributed by atoms with Gasteiger partial charge in [0, 0.05) is 31.2 Å². The summed E-state index contributed by atoms with van der Waals surface area (Å²) < 4.78 is 0. The quantitative estimate of drug-likeness (QED) is 0.815. The number of hydrogen-bond acceptors (Lipinski definition) is 4. The topological polar surface area (TPSA) is 58.0 Å². The molecule has 0 spiro atoms. The Balaban J connectivity index is 1.77. The molecule has 0 aliphatic heterocycles. The van der Waals surface area contributed by atoms with E-state index >= 15 is 0 Å². The lowest BCUT2D eigenvalue weighted by molar-refractivity contribution is 0.106. The van der Waals surface area contributed by atoms with Crippen LogP contribution in [0.4, 0.5) is 0 Å². The molecular formula is C13H21N3O. The van der Waals surface area contributed by atoms with Gasteiger partial charge in [0.05, 0.1) is 11.8 Å². The van der Waals surface area contributed by atoms with E-state index < -0.39 is 0 Å². The lowest BCUT2D eigenvalue weighted by Gasteiger charge is -2.20. The maximum absolute atomic E-state index is 10.0. The van der Waals surface area contributed by atoms with Gasteiger partial charge in [-0.05, 0) is 25.7 Å². The second-order valence-electron chi connectivity index (χ2n) is 4.87. The third-order valence-corrected chi connectivity index (χ3v) is 3.60. The fourth-order valence-electron chi connectivity index (χ4n) is 2.45. The van der Waals surface area contributed by atoms with E-state index in [1.54, 1.807) is 18.6 Å². The Morgan fingerprint density at radius 3 is 2.82 bits per heavy atom. The molecule has 2 rings (SSSR count). The summed E-state index contributed by atoms with van der Waals surface area (Å²) >= 11 is 0. The van der Waals surface area contributed by atoms with E-state index in [4.69, 9.17) is 0 Å². The Morgan fingerprint density at radius 2 is 2.18 bits per heavy atom. The Hall–Kier alpha value is -1.00. The van der Waals surface area contributed by atoms with Gasteiger partial charge < -0.3 is 10.4 Å². The first-order chi connectivity index (χ1) is 8.27. The standard InChI is InChI=1S/C13H21N3O/c1-10(12-8-14-6-7-15-12)16-9-13(17)11-4-2-3-5-11/h6-8,10-11,13,16-17H,2-5,9H2,1H3. The molecule has 1 aliphatic rings. The molecule has 1 fully saturated rings. The van der Waals surface area contributed by atoms with E-state index in [2.05, 4.69) is 15.3 Å². The molecule has 1 aliphatic carbocycles. The van der Waals surface area contributed by atoms with E-state index in [9.17, 15) is 5.11 Å². The average molecular weight is 235 g/mol. The molecule has 2 unspecified atom stereocenters. The average Bonchev–Trinajstić information content (AvgIpc) is 2.90. The molecule has 0 bridgehead atoms. The minimum Gasteiger partial charge on any atom is -0.392 e. The Morgan fingerprint density at radius 1 is 1.41 bits per heavy atom. The van der Waals surface area contributed by atoms with Gasteiger partial charge in [-0.2, -0.15) is 0 Å². The number of nitrogens with one attached hydrogen (secondary N) is 1. The van der Waals surface area contributed by atoms with Crippen LogP contribution in [-0.4, -0.2) is 27.7 Å². The van der Waals surface area contributed by atoms with Crippen LogP contribution in [0.1, 0.15) is 44.3 Å². The van der Waals surface area contributed by atoms with Crippen LogP contribution in [0.5, 0.6) is 0 Å². The highest BCUT2D eigenvalue weighted by Crippen LogP contribution is 2.27. The highest BCUT2D eigenvalue weighted by atomic mass is 16.3. The monoisotopic (exact) mass is 235 g/mol. The third kappa shape index (κ3) is 3.48. The van der Waals surface area contributed by atoms with Gasteiger partial charge in [-0.1, -0.05) is 12.8 Å². The van der Waals surface area contributed by atoms with E-state index in [1.807, 2.05) is 6.92 Å². The zero-order valence-electron chi connectivity index (χ0n) is 10.3. The fourth-order valence-corrected chi connectivity index (χ4v) is 2.45. The Labute approximate surface area is 102 Å². The van der Waals surface area contributed by atoms with Crippen LogP contribution in [-0.2, 0) is 0 Å². The zero-order valence-corrected chi connectivity index (χ0v) is 10.3. The van der Waals surface area contributed by atoms with Crippen molar-refractivity contribution in [2.45, 2.75) is 44.8 Å². The fraction of sp³-hybridized carbons (Fsp3) is 0.692. The van der Waals surface area contributed by atoms with Crippen LogP contribution >= 0.6 is 0 Å². The summed E-state index contributed by atoms with van der Waals surface area (Å²) in [4.78, 5) is 8.29. The predicted molar refractivity (Wildman–Crippen MR) is 66.4 cm³/mol. The van der Waals surface area contributed by atoms with Crippen LogP contribution in [0.2, 0.25) is 0 Å². The first-order valence-corrected chi connectivity index (χ1v) is 6.44. The molecule has 2 atom stereocenters.